The van der Waals surface area contributed by atoms with E-state index in [1.165, 1.54) is 38.0 Å². The predicted molar refractivity (Wildman–Crippen MR) is 93.3 cm³/mol. The van der Waals surface area contributed by atoms with Crippen LogP contribution >= 0.6 is 0 Å². The maximum atomic E-state index is 13.6. The van der Waals surface area contributed by atoms with Crippen molar-refractivity contribution in [1.82, 2.24) is 0 Å². The fourth-order valence-electron chi connectivity index (χ4n) is 2.29. The van der Waals surface area contributed by atoms with Crippen LogP contribution in [0.1, 0.15) is 30.1 Å². The first-order valence-corrected chi connectivity index (χ1v) is 8.12. The van der Waals surface area contributed by atoms with Gasteiger partial charge in [0.05, 0.1) is 12.3 Å². The van der Waals surface area contributed by atoms with E-state index in [0.29, 0.717) is 23.8 Å². The van der Waals surface area contributed by atoms with E-state index in [1.54, 1.807) is 24.3 Å². The summed E-state index contributed by atoms with van der Waals surface area (Å²) in [6.07, 6.45) is 2.44. The Bertz CT molecular complexity index is 786. The van der Waals surface area contributed by atoms with Gasteiger partial charge in [0.25, 0.3) is 5.91 Å². The van der Waals surface area contributed by atoms with Gasteiger partial charge in [-0.3, -0.25) is 9.59 Å². The minimum atomic E-state index is -0.564. The summed E-state index contributed by atoms with van der Waals surface area (Å²) in [6.45, 7) is 2.00. The van der Waals surface area contributed by atoms with Gasteiger partial charge in [-0.15, -0.1) is 0 Å². The first kappa shape index (κ1) is 17.0. The zero-order valence-corrected chi connectivity index (χ0v) is 13.8. The molecule has 1 aliphatic rings. The van der Waals surface area contributed by atoms with Crippen molar-refractivity contribution in [2.45, 2.75) is 19.8 Å². The zero-order valence-electron chi connectivity index (χ0n) is 13.8. The van der Waals surface area contributed by atoms with Crippen LogP contribution in [0.4, 0.5) is 15.8 Å². The molecule has 2 aromatic carbocycles. The number of hydrogen-bond acceptors (Lipinski definition) is 3. The summed E-state index contributed by atoms with van der Waals surface area (Å²) in [6, 6.07) is 10.9. The Morgan fingerprint density at radius 2 is 1.84 bits per heavy atom. The highest BCUT2D eigenvalue weighted by molar-refractivity contribution is 6.04. The number of benzene rings is 2. The van der Waals surface area contributed by atoms with Crippen LogP contribution in [-0.2, 0) is 4.79 Å². The van der Waals surface area contributed by atoms with E-state index >= 15 is 0 Å². The van der Waals surface area contributed by atoms with Crippen molar-refractivity contribution < 1.29 is 18.7 Å². The summed E-state index contributed by atoms with van der Waals surface area (Å²) in [7, 11) is 0. The lowest BCUT2D eigenvalue weighted by Crippen LogP contribution is -2.13. The molecule has 0 unspecified atom stereocenters. The molecule has 1 saturated carbocycles. The molecule has 0 spiro atoms. The molecule has 2 aromatic rings. The summed E-state index contributed by atoms with van der Waals surface area (Å²) in [5, 5.41) is 5.06. The molecule has 0 aromatic heterocycles. The van der Waals surface area contributed by atoms with Crippen LogP contribution in [0.2, 0.25) is 0 Å². The minimum Gasteiger partial charge on any atom is -0.493 e. The Morgan fingerprint density at radius 3 is 2.48 bits per heavy atom. The molecule has 3 rings (SSSR count). The van der Waals surface area contributed by atoms with Crippen LogP contribution in [0.15, 0.2) is 42.5 Å². The third kappa shape index (κ3) is 4.79. The van der Waals surface area contributed by atoms with Gasteiger partial charge < -0.3 is 15.4 Å². The average Bonchev–Trinajstić information content (AvgIpc) is 3.40. The number of carbonyl (C=O) groups excluding carboxylic acids is 2. The first-order valence-electron chi connectivity index (χ1n) is 8.12. The molecule has 0 aliphatic heterocycles. The average molecular weight is 342 g/mol. The normalized spacial score (nSPS) is 13.2. The van der Waals surface area contributed by atoms with Crippen molar-refractivity contribution in [3.05, 3.63) is 53.8 Å². The molecule has 0 radical (unpaired) electrons. The first-order chi connectivity index (χ1) is 12.0. The maximum absolute atomic E-state index is 13.6. The molecule has 2 N–H and O–H groups in total. The third-order valence-electron chi connectivity index (χ3n) is 3.83. The number of hydrogen-bond donors (Lipinski definition) is 2. The highest BCUT2D eigenvalue weighted by atomic mass is 19.1. The summed E-state index contributed by atoms with van der Waals surface area (Å²) in [5.41, 5.74) is 0.877. The van der Waals surface area contributed by atoms with E-state index in [4.69, 9.17) is 4.74 Å². The SMILES string of the molecule is CC(=O)Nc1cc(NC(=O)c2ccc(OCC3CC3)cc2)ccc1F. The Labute approximate surface area is 145 Å². The van der Waals surface area contributed by atoms with Crippen molar-refractivity contribution in [2.24, 2.45) is 5.92 Å². The van der Waals surface area contributed by atoms with Gasteiger partial charge in [-0.2, -0.15) is 0 Å². The molecule has 130 valence electrons. The highest BCUT2D eigenvalue weighted by Gasteiger charge is 2.21. The second-order valence-electron chi connectivity index (χ2n) is 6.11. The van der Waals surface area contributed by atoms with Gasteiger partial charge in [0.1, 0.15) is 11.6 Å². The van der Waals surface area contributed by atoms with Gasteiger partial charge in [-0.25, -0.2) is 4.39 Å². The molecule has 0 heterocycles. The fraction of sp³-hybridized carbons (Fsp3) is 0.263. The van der Waals surface area contributed by atoms with Gasteiger partial charge in [0.15, 0.2) is 0 Å². The van der Waals surface area contributed by atoms with Gasteiger partial charge in [0.2, 0.25) is 5.91 Å². The summed E-state index contributed by atoms with van der Waals surface area (Å²) in [4.78, 5) is 23.4. The number of nitrogens with one attached hydrogen (secondary N) is 2. The van der Waals surface area contributed by atoms with E-state index < -0.39 is 5.82 Å². The second kappa shape index (κ2) is 7.34. The topological polar surface area (TPSA) is 67.4 Å². The summed E-state index contributed by atoms with van der Waals surface area (Å²) >= 11 is 0. The number of ether oxygens (including phenoxy) is 1. The molecule has 1 aliphatic carbocycles. The van der Waals surface area contributed by atoms with Crippen LogP contribution in [0, 0.1) is 11.7 Å². The van der Waals surface area contributed by atoms with Crippen LogP contribution in [0.25, 0.3) is 0 Å². The molecular formula is C19H19FN2O3. The smallest absolute Gasteiger partial charge is 0.255 e. The quantitative estimate of drug-likeness (QED) is 0.838. The number of rotatable bonds is 6. The molecule has 2 amide bonds. The standard InChI is InChI=1S/C19H19FN2O3/c1-12(23)21-18-10-15(6-9-17(18)20)22-19(24)14-4-7-16(8-5-14)25-11-13-2-3-13/h4-10,13H,2-3,11H2,1H3,(H,21,23)(H,22,24). The molecule has 0 bridgehead atoms. The van der Waals surface area contributed by atoms with Gasteiger partial charge in [-0.05, 0) is 61.2 Å². The number of halogens is 1. The van der Waals surface area contributed by atoms with Crippen molar-refractivity contribution in [1.29, 1.82) is 0 Å². The lowest BCUT2D eigenvalue weighted by molar-refractivity contribution is -0.114. The Hall–Kier alpha value is -2.89. The largest absolute Gasteiger partial charge is 0.493 e. The van der Waals surface area contributed by atoms with E-state index in [9.17, 15) is 14.0 Å². The molecule has 5 nitrogen and oxygen atoms in total. The van der Waals surface area contributed by atoms with E-state index in [-0.39, 0.29) is 17.5 Å². The van der Waals surface area contributed by atoms with Crippen LogP contribution in [-0.4, -0.2) is 18.4 Å². The van der Waals surface area contributed by atoms with Gasteiger partial charge >= 0.3 is 0 Å². The monoisotopic (exact) mass is 342 g/mol. The fourth-order valence-corrected chi connectivity index (χ4v) is 2.29. The van der Waals surface area contributed by atoms with Gasteiger partial charge in [0, 0.05) is 18.2 Å². The molecule has 6 heteroatoms. The zero-order chi connectivity index (χ0) is 17.8. The van der Waals surface area contributed by atoms with Gasteiger partial charge in [-0.1, -0.05) is 0 Å². The third-order valence-corrected chi connectivity index (χ3v) is 3.83. The molecule has 25 heavy (non-hydrogen) atoms. The number of carbonyl (C=O) groups is 2. The molecular weight excluding hydrogens is 323 g/mol. The van der Waals surface area contributed by atoms with Crippen LogP contribution in [0.5, 0.6) is 5.75 Å². The predicted octanol–water partition coefficient (Wildman–Crippen LogP) is 3.83. The molecule has 0 atom stereocenters. The number of anilines is 2. The second-order valence-corrected chi connectivity index (χ2v) is 6.11. The summed E-state index contributed by atoms with van der Waals surface area (Å²) in [5.74, 6) is 0.126. The van der Waals surface area contributed by atoms with Crippen molar-refractivity contribution in [2.75, 3.05) is 17.2 Å². The van der Waals surface area contributed by atoms with Crippen molar-refractivity contribution in [3.8, 4) is 5.75 Å². The van der Waals surface area contributed by atoms with Crippen molar-refractivity contribution >= 4 is 23.2 Å². The van der Waals surface area contributed by atoms with Crippen LogP contribution < -0.4 is 15.4 Å². The Balaban J connectivity index is 1.63. The molecule has 1 fully saturated rings. The maximum Gasteiger partial charge on any atom is 0.255 e. The van der Waals surface area contributed by atoms with Crippen molar-refractivity contribution in [3.63, 3.8) is 0 Å². The van der Waals surface area contributed by atoms with E-state index in [0.717, 1.165) is 5.75 Å². The lowest BCUT2D eigenvalue weighted by Gasteiger charge is -2.10. The Morgan fingerprint density at radius 1 is 1.12 bits per heavy atom. The van der Waals surface area contributed by atoms with E-state index in [2.05, 4.69) is 10.6 Å². The highest BCUT2D eigenvalue weighted by Crippen LogP contribution is 2.29. The summed E-state index contributed by atoms with van der Waals surface area (Å²) < 4.78 is 19.3. The number of amides is 2. The lowest BCUT2D eigenvalue weighted by atomic mass is 10.2. The Kier molecular flexibility index (Phi) is 4.97. The minimum absolute atomic E-state index is 0.0223. The van der Waals surface area contributed by atoms with Crippen LogP contribution in [0.3, 0.4) is 0 Å². The molecule has 0 saturated heterocycles. The van der Waals surface area contributed by atoms with E-state index in [1.807, 2.05) is 0 Å².